The van der Waals surface area contributed by atoms with Crippen molar-refractivity contribution in [2.24, 2.45) is 0 Å². The van der Waals surface area contributed by atoms with E-state index in [4.69, 9.17) is 16.6 Å². The minimum atomic E-state index is -0.167. The molecule has 0 aromatic heterocycles. The fourth-order valence-corrected chi connectivity index (χ4v) is 1.51. The second kappa shape index (κ2) is 7.44. The molecule has 2 aromatic carbocycles. The summed E-state index contributed by atoms with van der Waals surface area (Å²) in [7, 11) is 0. The van der Waals surface area contributed by atoms with E-state index in [9.17, 15) is 0 Å². The second-order valence-corrected chi connectivity index (χ2v) is 4.75. The predicted molar refractivity (Wildman–Crippen MR) is 81.9 cm³/mol. The van der Waals surface area contributed by atoms with E-state index in [1.165, 1.54) is 11.1 Å². The summed E-state index contributed by atoms with van der Waals surface area (Å²) < 4.78 is 0. The molecule has 0 heterocycles. The van der Waals surface area contributed by atoms with E-state index in [1.807, 2.05) is 48.5 Å². The minimum absolute atomic E-state index is 0.167. The smallest absolute Gasteiger partial charge is 0.0483 e. The highest BCUT2D eigenvalue weighted by Crippen LogP contribution is 2.13. The quantitative estimate of drug-likeness (QED) is 0.725. The highest BCUT2D eigenvalue weighted by molar-refractivity contribution is 5.43. The third-order valence-electron chi connectivity index (χ3n) is 2.37. The van der Waals surface area contributed by atoms with Gasteiger partial charge in [0.2, 0.25) is 0 Å². The van der Waals surface area contributed by atoms with Gasteiger partial charge in [0, 0.05) is 17.5 Å². The predicted octanol–water partition coefficient (Wildman–Crippen LogP) is 2.83. The molecular formula is C16H22N2O. The molecule has 0 saturated heterocycles. The number of benzene rings is 2. The van der Waals surface area contributed by atoms with E-state index in [0.717, 1.165) is 17.8 Å². The van der Waals surface area contributed by atoms with Crippen LogP contribution in [-0.2, 0) is 6.42 Å². The van der Waals surface area contributed by atoms with Gasteiger partial charge in [-0.1, -0.05) is 24.3 Å². The first-order valence-corrected chi connectivity index (χ1v) is 6.34. The monoisotopic (exact) mass is 258 g/mol. The van der Waals surface area contributed by atoms with Crippen molar-refractivity contribution in [2.75, 3.05) is 11.5 Å². The van der Waals surface area contributed by atoms with E-state index in [2.05, 4.69) is 0 Å². The largest absolute Gasteiger partial charge is 0.399 e. The molecule has 5 N–H and O–H groups in total. The maximum atomic E-state index is 8.06. The molecule has 0 unspecified atom stereocenters. The van der Waals surface area contributed by atoms with Crippen LogP contribution in [0, 0.1) is 0 Å². The Balaban J connectivity index is 0.000000399. The Morgan fingerprint density at radius 3 is 1.32 bits per heavy atom. The average molecular weight is 258 g/mol. The molecule has 0 radical (unpaired) electrons. The zero-order chi connectivity index (χ0) is 14.3. The van der Waals surface area contributed by atoms with Crippen LogP contribution in [0.2, 0.25) is 0 Å². The van der Waals surface area contributed by atoms with Crippen molar-refractivity contribution in [3.8, 4) is 0 Å². The number of hydrogen-bond acceptors (Lipinski definition) is 3. The van der Waals surface area contributed by atoms with E-state index in [1.54, 1.807) is 13.8 Å². The first kappa shape index (κ1) is 15.1. The Kier molecular flexibility index (Phi) is 5.90. The topological polar surface area (TPSA) is 72.3 Å². The number of aliphatic hydroxyl groups excluding tert-OH is 1. The normalized spacial score (nSPS) is 9.89. The van der Waals surface area contributed by atoms with E-state index < -0.39 is 0 Å². The lowest BCUT2D eigenvalue weighted by atomic mass is 10.0. The summed E-state index contributed by atoms with van der Waals surface area (Å²) in [5.74, 6) is 0. The zero-order valence-electron chi connectivity index (χ0n) is 11.5. The molecule has 102 valence electrons. The molecule has 0 amide bonds. The van der Waals surface area contributed by atoms with Crippen molar-refractivity contribution in [2.45, 2.75) is 26.4 Å². The molecule has 0 saturated carbocycles. The maximum Gasteiger partial charge on any atom is 0.0483 e. The molecule has 0 bridgehead atoms. The SMILES string of the molecule is CC(C)O.Nc1ccc(Cc2ccc(N)cc2)cc1. The molecule has 0 atom stereocenters. The molecule has 2 rings (SSSR count). The highest BCUT2D eigenvalue weighted by atomic mass is 16.3. The first-order chi connectivity index (χ1) is 8.97. The second-order valence-electron chi connectivity index (χ2n) is 4.75. The molecule has 0 spiro atoms. The van der Waals surface area contributed by atoms with Gasteiger partial charge in [0.05, 0.1) is 0 Å². The van der Waals surface area contributed by atoms with E-state index in [0.29, 0.717) is 0 Å². The molecule has 3 heteroatoms. The van der Waals surface area contributed by atoms with Crippen LogP contribution in [0.1, 0.15) is 25.0 Å². The van der Waals surface area contributed by atoms with Crippen LogP contribution in [-0.4, -0.2) is 11.2 Å². The molecule has 0 aliphatic rings. The number of nitrogens with two attached hydrogens (primary N) is 2. The van der Waals surface area contributed by atoms with Crippen LogP contribution in [0.5, 0.6) is 0 Å². The number of anilines is 2. The fraction of sp³-hybridized carbons (Fsp3) is 0.250. The summed E-state index contributed by atoms with van der Waals surface area (Å²) in [6.07, 6.45) is 0.751. The number of aliphatic hydroxyl groups is 1. The molecule has 0 aliphatic heterocycles. The third kappa shape index (κ3) is 6.48. The molecule has 2 aromatic rings. The third-order valence-corrected chi connectivity index (χ3v) is 2.37. The number of hydrogen-bond donors (Lipinski definition) is 3. The van der Waals surface area contributed by atoms with Gasteiger partial charge in [-0.25, -0.2) is 0 Å². The van der Waals surface area contributed by atoms with Crippen LogP contribution in [0.25, 0.3) is 0 Å². The summed E-state index contributed by atoms with van der Waals surface area (Å²) >= 11 is 0. The van der Waals surface area contributed by atoms with Crippen LogP contribution < -0.4 is 11.5 Å². The van der Waals surface area contributed by atoms with E-state index in [-0.39, 0.29) is 6.10 Å². The van der Waals surface area contributed by atoms with E-state index >= 15 is 0 Å². The van der Waals surface area contributed by atoms with Gasteiger partial charge in [-0.3, -0.25) is 0 Å². The Morgan fingerprint density at radius 1 is 0.789 bits per heavy atom. The Morgan fingerprint density at radius 2 is 1.05 bits per heavy atom. The summed E-state index contributed by atoms with van der Waals surface area (Å²) in [5.41, 5.74) is 15.4. The summed E-state index contributed by atoms with van der Waals surface area (Å²) in [4.78, 5) is 0. The van der Waals surface area contributed by atoms with Crippen molar-refractivity contribution in [1.82, 2.24) is 0 Å². The fourth-order valence-electron chi connectivity index (χ4n) is 1.51. The van der Waals surface area contributed by atoms with Gasteiger partial charge >= 0.3 is 0 Å². The lowest BCUT2D eigenvalue weighted by Gasteiger charge is -2.02. The summed E-state index contributed by atoms with van der Waals surface area (Å²) in [6.45, 7) is 3.44. The number of rotatable bonds is 2. The summed E-state index contributed by atoms with van der Waals surface area (Å²) in [6, 6.07) is 15.9. The zero-order valence-corrected chi connectivity index (χ0v) is 11.5. The van der Waals surface area contributed by atoms with Gasteiger partial charge in [0.15, 0.2) is 0 Å². The van der Waals surface area contributed by atoms with Gasteiger partial charge in [-0.2, -0.15) is 0 Å². The van der Waals surface area contributed by atoms with Crippen LogP contribution in [0.4, 0.5) is 11.4 Å². The standard InChI is InChI=1S/C13H14N2.C3H8O/c14-12-5-1-10(2-6-12)9-11-3-7-13(15)8-4-11;1-3(2)4/h1-8H,9,14-15H2;3-4H,1-2H3. The average Bonchev–Trinajstić information content (AvgIpc) is 2.34. The van der Waals surface area contributed by atoms with Crippen molar-refractivity contribution >= 4 is 11.4 Å². The highest BCUT2D eigenvalue weighted by Gasteiger charge is 1.95. The molecule has 0 fully saturated rings. The van der Waals surface area contributed by atoms with Gasteiger partial charge in [0.1, 0.15) is 0 Å². The Bertz CT molecular complexity index is 429. The number of nitrogen functional groups attached to an aromatic ring is 2. The minimum Gasteiger partial charge on any atom is -0.399 e. The van der Waals surface area contributed by atoms with Crippen LogP contribution >= 0.6 is 0 Å². The van der Waals surface area contributed by atoms with Gasteiger partial charge in [0.25, 0.3) is 0 Å². The van der Waals surface area contributed by atoms with Crippen LogP contribution in [0.15, 0.2) is 48.5 Å². The van der Waals surface area contributed by atoms with Crippen molar-refractivity contribution in [3.05, 3.63) is 59.7 Å². The van der Waals surface area contributed by atoms with Gasteiger partial charge in [-0.15, -0.1) is 0 Å². The molecule has 3 nitrogen and oxygen atoms in total. The lowest BCUT2D eigenvalue weighted by Crippen LogP contribution is -1.90. The summed E-state index contributed by atoms with van der Waals surface area (Å²) in [5, 5.41) is 8.06. The van der Waals surface area contributed by atoms with Gasteiger partial charge < -0.3 is 16.6 Å². The van der Waals surface area contributed by atoms with Crippen molar-refractivity contribution in [1.29, 1.82) is 0 Å². The molecule has 0 aliphatic carbocycles. The van der Waals surface area contributed by atoms with Crippen molar-refractivity contribution in [3.63, 3.8) is 0 Å². The van der Waals surface area contributed by atoms with Crippen LogP contribution in [0.3, 0.4) is 0 Å². The van der Waals surface area contributed by atoms with Crippen molar-refractivity contribution < 1.29 is 5.11 Å². The Hall–Kier alpha value is -2.00. The molecule has 19 heavy (non-hydrogen) atoms. The molecular weight excluding hydrogens is 236 g/mol. The first-order valence-electron chi connectivity index (χ1n) is 6.34. The van der Waals surface area contributed by atoms with Gasteiger partial charge in [-0.05, 0) is 55.7 Å². The lowest BCUT2D eigenvalue weighted by molar-refractivity contribution is 0.216. The Labute approximate surface area is 114 Å². The maximum absolute atomic E-state index is 8.06.